The molecule has 1 aliphatic rings. The van der Waals surface area contributed by atoms with E-state index in [0.29, 0.717) is 25.8 Å². The molecule has 0 aliphatic carbocycles. The highest BCUT2D eigenvalue weighted by molar-refractivity contribution is 5.97. The Labute approximate surface area is 338 Å². The predicted molar refractivity (Wildman–Crippen MR) is 215 cm³/mol. The lowest BCUT2D eigenvalue weighted by Gasteiger charge is -2.31. The lowest BCUT2D eigenvalue weighted by molar-refractivity contribution is -0.144. The molecule has 0 saturated carbocycles. The summed E-state index contributed by atoms with van der Waals surface area (Å²) in [4.78, 5) is 102. The molecule has 0 radical (unpaired) electrons. The van der Waals surface area contributed by atoms with Crippen LogP contribution in [0.25, 0.3) is 0 Å². The molecule has 1 fully saturated rings. The van der Waals surface area contributed by atoms with Crippen LogP contribution in [-0.2, 0) is 33.6 Å². The fourth-order valence-electron chi connectivity index (χ4n) is 6.07. The summed E-state index contributed by atoms with van der Waals surface area (Å²) in [5.74, 6) is -5.92. The van der Waals surface area contributed by atoms with Crippen LogP contribution in [-0.4, -0.2) is 144 Å². The third-order valence-corrected chi connectivity index (χ3v) is 9.16. The first-order chi connectivity index (χ1) is 27.3. The number of carboxylic acids is 1. The van der Waals surface area contributed by atoms with Gasteiger partial charge in [0.25, 0.3) is 0 Å². The van der Waals surface area contributed by atoms with E-state index in [4.69, 9.17) is 39.5 Å². The van der Waals surface area contributed by atoms with E-state index in [2.05, 4.69) is 36.6 Å². The van der Waals surface area contributed by atoms with Gasteiger partial charge in [-0.25, -0.2) is 4.79 Å². The van der Waals surface area contributed by atoms with Crippen molar-refractivity contribution >= 4 is 53.3 Å². The van der Waals surface area contributed by atoms with Gasteiger partial charge in [-0.2, -0.15) is 0 Å². The quantitative estimate of drug-likeness (QED) is 0.0210. The highest BCUT2D eigenvalue weighted by atomic mass is 16.4. The highest BCUT2D eigenvalue weighted by Crippen LogP contribution is 2.21. The molecule has 7 unspecified atom stereocenters. The number of nitrogens with two attached hydrogens (primary N) is 6. The van der Waals surface area contributed by atoms with Gasteiger partial charge in [0, 0.05) is 19.6 Å². The van der Waals surface area contributed by atoms with Crippen LogP contribution in [0.4, 0.5) is 0 Å². The standard InChI is InChI=1S/C35H66N14O9/c1-19(2)17-25(48-27(51)20(3)44-28(52)21(37)18-50)30(54)46-23(11-7-15-43-35(40)41)32(56)49-16-8-12-26(49)31(55)45-22(10-6-14-42-34(38)39)29(53)47-24(33(57)58)9-4-5-13-36/h19-26,50H,4-18,36-37H2,1-3H3,(H,44,52)(H,45,55)(H,46,54)(H,47,53)(H,48,51)(H,57,58)(H4,38,39,42)(H4,40,41,43). The maximum absolute atomic E-state index is 14.2. The van der Waals surface area contributed by atoms with Crippen LogP contribution in [0.1, 0.15) is 85.0 Å². The number of amides is 6. The second kappa shape index (κ2) is 26.6. The molecule has 0 aromatic rings. The van der Waals surface area contributed by atoms with Crippen molar-refractivity contribution in [1.29, 1.82) is 0 Å². The second-order valence-corrected chi connectivity index (χ2v) is 14.6. The van der Waals surface area contributed by atoms with Gasteiger partial charge in [0.1, 0.15) is 42.3 Å². The molecule has 0 aromatic carbocycles. The molecule has 23 nitrogen and oxygen atoms in total. The summed E-state index contributed by atoms with van der Waals surface area (Å²) in [6, 6.07) is -8.24. The Morgan fingerprint density at radius 1 is 0.707 bits per heavy atom. The van der Waals surface area contributed by atoms with Crippen LogP contribution < -0.4 is 61.0 Å². The summed E-state index contributed by atoms with van der Waals surface area (Å²) in [5, 5.41) is 31.8. The average Bonchev–Trinajstić information content (AvgIpc) is 3.65. The topological polar surface area (TPSA) is 404 Å². The van der Waals surface area contributed by atoms with Gasteiger partial charge in [0.05, 0.1) is 6.61 Å². The Hall–Kier alpha value is -5.29. The van der Waals surface area contributed by atoms with Gasteiger partial charge in [0.15, 0.2) is 11.9 Å². The molecule has 1 saturated heterocycles. The second-order valence-electron chi connectivity index (χ2n) is 14.6. The summed E-state index contributed by atoms with van der Waals surface area (Å²) in [5.41, 5.74) is 32.8. The molecule has 7 atom stereocenters. The van der Waals surface area contributed by atoms with Crippen LogP contribution in [0.15, 0.2) is 9.98 Å². The van der Waals surface area contributed by atoms with E-state index in [1.54, 1.807) is 0 Å². The van der Waals surface area contributed by atoms with Gasteiger partial charge in [-0.3, -0.25) is 38.8 Å². The number of carbonyl (C=O) groups is 7. The van der Waals surface area contributed by atoms with Crippen molar-refractivity contribution in [3.63, 3.8) is 0 Å². The van der Waals surface area contributed by atoms with E-state index in [1.807, 2.05) is 13.8 Å². The number of likely N-dealkylation sites (tertiary alicyclic amines) is 1. The number of hydrogen-bond donors (Lipinski definition) is 13. The lowest BCUT2D eigenvalue weighted by Crippen LogP contribution is -2.59. The molecule has 58 heavy (non-hydrogen) atoms. The van der Waals surface area contributed by atoms with Gasteiger partial charge < -0.3 is 76.1 Å². The van der Waals surface area contributed by atoms with Gasteiger partial charge in [-0.05, 0) is 83.6 Å². The van der Waals surface area contributed by atoms with Crippen LogP contribution in [0.3, 0.4) is 0 Å². The number of carbonyl (C=O) groups excluding carboxylic acids is 6. The minimum atomic E-state index is -1.26. The van der Waals surface area contributed by atoms with Gasteiger partial charge >= 0.3 is 5.97 Å². The number of carboxylic acid groups (broad SMARTS) is 1. The summed E-state index contributed by atoms with van der Waals surface area (Å²) in [7, 11) is 0. The number of aliphatic imine (C=N–C) groups is 2. The zero-order valence-electron chi connectivity index (χ0n) is 33.8. The van der Waals surface area contributed by atoms with E-state index in [9.17, 15) is 38.7 Å². The number of nitrogens with one attached hydrogen (secondary N) is 5. The Kier molecular flexibility index (Phi) is 23.3. The first-order valence-corrected chi connectivity index (χ1v) is 19.5. The minimum absolute atomic E-state index is 0.0348. The summed E-state index contributed by atoms with van der Waals surface area (Å²) < 4.78 is 0. The SMILES string of the molecule is CC(C)CC(NC(=O)C(C)NC(=O)C(N)CO)C(=O)NC(CCCN=C(N)N)C(=O)N1CCCC1C(=O)NC(CCCN=C(N)N)C(=O)NC(CCCCN)C(=O)O. The Morgan fingerprint density at radius 2 is 1.24 bits per heavy atom. The Morgan fingerprint density at radius 3 is 1.78 bits per heavy atom. The monoisotopic (exact) mass is 827 g/mol. The number of rotatable bonds is 27. The van der Waals surface area contributed by atoms with Crippen LogP contribution >= 0.6 is 0 Å². The number of hydrogen-bond acceptors (Lipinski definition) is 12. The number of nitrogens with zero attached hydrogens (tertiary/aromatic N) is 3. The number of guanidine groups is 2. The van der Waals surface area contributed by atoms with E-state index in [1.165, 1.54) is 11.8 Å². The van der Waals surface area contributed by atoms with E-state index >= 15 is 0 Å². The van der Waals surface area contributed by atoms with Crippen molar-refractivity contribution in [1.82, 2.24) is 31.5 Å². The molecule has 0 bridgehead atoms. The molecular formula is C35H66N14O9. The average molecular weight is 827 g/mol. The largest absolute Gasteiger partial charge is 0.480 e. The van der Waals surface area contributed by atoms with Gasteiger partial charge in [-0.15, -0.1) is 0 Å². The number of aliphatic hydroxyl groups is 1. The van der Waals surface area contributed by atoms with Crippen molar-refractivity contribution in [3.05, 3.63) is 0 Å². The van der Waals surface area contributed by atoms with Crippen molar-refractivity contribution in [2.75, 3.05) is 32.8 Å². The number of aliphatic carboxylic acids is 1. The number of aliphatic hydroxyl groups excluding tert-OH is 1. The molecular weight excluding hydrogens is 760 g/mol. The van der Waals surface area contributed by atoms with E-state index in [-0.39, 0.29) is 82.4 Å². The Bertz CT molecular complexity index is 1440. The third kappa shape index (κ3) is 18.8. The van der Waals surface area contributed by atoms with Crippen LogP contribution in [0.2, 0.25) is 0 Å². The van der Waals surface area contributed by atoms with Crippen LogP contribution in [0, 0.1) is 5.92 Å². The first kappa shape index (κ1) is 50.7. The van der Waals surface area contributed by atoms with E-state index in [0.717, 1.165) is 0 Å². The van der Waals surface area contributed by atoms with Crippen LogP contribution in [0.5, 0.6) is 0 Å². The smallest absolute Gasteiger partial charge is 0.326 e. The molecule has 1 aliphatic heterocycles. The van der Waals surface area contributed by atoms with Crippen molar-refractivity contribution in [2.24, 2.45) is 50.3 Å². The van der Waals surface area contributed by atoms with Gasteiger partial charge in [-0.1, -0.05) is 13.8 Å². The molecule has 1 heterocycles. The molecule has 0 aromatic heterocycles. The van der Waals surface area contributed by atoms with Crippen molar-refractivity contribution < 1.29 is 43.8 Å². The molecule has 0 spiro atoms. The molecule has 23 heteroatoms. The first-order valence-electron chi connectivity index (χ1n) is 19.5. The normalized spacial score (nSPS) is 16.7. The fourth-order valence-corrected chi connectivity index (χ4v) is 6.07. The molecule has 19 N–H and O–H groups in total. The number of unbranched alkanes of at least 4 members (excludes halogenated alkanes) is 1. The maximum atomic E-state index is 14.2. The minimum Gasteiger partial charge on any atom is -0.480 e. The van der Waals surface area contributed by atoms with Gasteiger partial charge in [0.2, 0.25) is 35.4 Å². The zero-order chi connectivity index (χ0) is 43.9. The van der Waals surface area contributed by atoms with Crippen molar-refractivity contribution in [3.8, 4) is 0 Å². The summed E-state index contributed by atoms with van der Waals surface area (Å²) in [6.07, 6.45) is 2.46. The van der Waals surface area contributed by atoms with Crippen molar-refractivity contribution in [2.45, 2.75) is 127 Å². The molecule has 6 amide bonds. The van der Waals surface area contributed by atoms with E-state index < -0.39 is 90.3 Å². The fraction of sp³-hybridized carbons (Fsp3) is 0.743. The summed E-state index contributed by atoms with van der Waals surface area (Å²) in [6.45, 7) is 5.10. The highest BCUT2D eigenvalue weighted by Gasteiger charge is 2.40. The lowest BCUT2D eigenvalue weighted by atomic mass is 10.0. The summed E-state index contributed by atoms with van der Waals surface area (Å²) >= 11 is 0. The third-order valence-electron chi connectivity index (χ3n) is 9.16. The Balaban J connectivity index is 3.33. The predicted octanol–water partition coefficient (Wildman–Crippen LogP) is -4.89. The zero-order valence-corrected chi connectivity index (χ0v) is 33.8. The molecule has 1 rings (SSSR count). The molecule has 330 valence electrons. The maximum Gasteiger partial charge on any atom is 0.326 e.